The number of piperidine rings is 1. The van der Waals surface area contributed by atoms with Gasteiger partial charge in [0.2, 0.25) is 5.91 Å². The zero-order chi connectivity index (χ0) is 30.1. The SMILES string of the molecule is CC(C)(C)OC(=O)C[C@@H]1C[C@H]2CO[C@@](C)(c3ccccc3)N2C(=O)C1(C(=O)OCc1ccccc1)c1ccc(Br)cc1. The van der Waals surface area contributed by atoms with E-state index in [0.717, 1.165) is 15.6 Å². The molecule has 4 atom stereocenters. The molecule has 2 aliphatic rings. The number of rotatable bonds is 7. The molecule has 42 heavy (non-hydrogen) atoms. The van der Waals surface area contributed by atoms with Gasteiger partial charge in [0.25, 0.3) is 0 Å². The third kappa shape index (κ3) is 5.62. The third-order valence-electron chi connectivity index (χ3n) is 8.08. The molecule has 1 unspecified atom stereocenters. The molecule has 220 valence electrons. The lowest BCUT2D eigenvalue weighted by Gasteiger charge is -2.50. The molecule has 2 fully saturated rings. The van der Waals surface area contributed by atoms with Crippen molar-refractivity contribution in [3.63, 3.8) is 0 Å². The molecule has 8 heteroatoms. The van der Waals surface area contributed by atoms with Crippen LogP contribution in [0, 0.1) is 5.92 Å². The van der Waals surface area contributed by atoms with Gasteiger partial charge < -0.3 is 19.1 Å². The second-order valence-electron chi connectivity index (χ2n) is 12.1. The van der Waals surface area contributed by atoms with Crippen LogP contribution in [0.3, 0.4) is 0 Å². The lowest BCUT2D eigenvalue weighted by atomic mass is 9.62. The normalized spacial score (nSPS) is 25.5. The van der Waals surface area contributed by atoms with Crippen LogP contribution in [0.15, 0.2) is 89.4 Å². The molecule has 3 aromatic carbocycles. The van der Waals surface area contributed by atoms with E-state index in [1.807, 2.05) is 67.6 Å². The standard InChI is InChI=1S/C34H36BrNO6/c1-32(2,3)42-29(37)20-26-19-28-22-41-33(4,24-13-9-6-10-14-24)36(28)30(38)34(26,25-15-17-27(35)18-16-25)31(39)40-21-23-11-7-5-8-12-23/h5-18,26,28H,19-22H2,1-4H3/t26-,28-,33-,34?/m0/s1. The maximum absolute atomic E-state index is 15.1. The first-order valence-electron chi connectivity index (χ1n) is 14.2. The van der Waals surface area contributed by atoms with Gasteiger partial charge in [-0.05, 0) is 57.4 Å². The Morgan fingerprint density at radius 2 is 1.57 bits per heavy atom. The number of halogens is 1. The summed E-state index contributed by atoms with van der Waals surface area (Å²) < 4.78 is 18.8. The number of nitrogens with zero attached hydrogens (tertiary/aromatic N) is 1. The largest absolute Gasteiger partial charge is 0.460 e. The van der Waals surface area contributed by atoms with Gasteiger partial charge in [0.05, 0.1) is 19.1 Å². The maximum atomic E-state index is 15.1. The van der Waals surface area contributed by atoms with Crippen molar-refractivity contribution < 1.29 is 28.6 Å². The van der Waals surface area contributed by atoms with E-state index in [4.69, 9.17) is 14.2 Å². The molecule has 0 spiro atoms. The molecular formula is C34H36BrNO6. The lowest BCUT2D eigenvalue weighted by molar-refractivity contribution is -0.179. The molecule has 3 aromatic rings. The topological polar surface area (TPSA) is 82.1 Å². The van der Waals surface area contributed by atoms with Gasteiger partial charge in [-0.2, -0.15) is 0 Å². The highest BCUT2D eigenvalue weighted by molar-refractivity contribution is 9.10. The van der Waals surface area contributed by atoms with Gasteiger partial charge in [-0.1, -0.05) is 88.7 Å². The van der Waals surface area contributed by atoms with Crippen LogP contribution in [-0.2, 0) is 46.3 Å². The number of esters is 2. The molecule has 7 nitrogen and oxygen atoms in total. The third-order valence-corrected chi connectivity index (χ3v) is 8.61. The lowest BCUT2D eigenvalue weighted by Crippen LogP contribution is -2.66. The van der Waals surface area contributed by atoms with E-state index in [9.17, 15) is 9.59 Å². The second-order valence-corrected chi connectivity index (χ2v) is 13.0. The molecule has 0 aromatic heterocycles. The van der Waals surface area contributed by atoms with Crippen molar-refractivity contribution in [2.75, 3.05) is 6.61 Å². The smallest absolute Gasteiger partial charge is 0.326 e. The molecule has 0 radical (unpaired) electrons. The van der Waals surface area contributed by atoms with Crippen molar-refractivity contribution in [2.45, 2.75) is 69.9 Å². The van der Waals surface area contributed by atoms with Gasteiger partial charge in [0.1, 0.15) is 12.2 Å². The summed E-state index contributed by atoms with van der Waals surface area (Å²) in [5, 5.41) is 0. The van der Waals surface area contributed by atoms with Crippen molar-refractivity contribution in [1.29, 1.82) is 0 Å². The summed E-state index contributed by atoms with van der Waals surface area (Å²) in [5.41, 5.74) is -1.59. The highest BCUT2D eigenvalue weighted by atomic mass is 79.9. The predicted octanol–water partition coefficient (Wildman–Crippen LogP) is 6.28. The minimum atomic E-state index is -1.81. The first kappa shape index (κ1) is 30.0. The number of amides is 1. The molecule has 2 heterocycles. The zero-order valence-corrected chi connectivity index (χ0v) is 25.9. The zero-order valence-electron chi connectivity index (χ0n) is 24.3. The van der Waals surface area contributed by atoms with E-state index >= 15 is 4.79 Å². The molecule has 0 saturated carbocycles. The Labute approximate surface area is 255 Å². The molecule has 5 rings (SSSR count). The van der Waals surface area contributed by atoms with Crippen LogP contribution in [0.4, 0.5) is 0 Å². The number of benzene rings is 3. The molecule has 2 saturated heterocycles. The van der Waals surface area contributed by atoms with E-state index in [-0.39, 0.29) is 25.7 Å². The number of carbonyl (C=O) groups is 3. The highest BCUT2D eigenvalue weighted by Gasteiger charge is 2.66. The fraction of sp³-hybridized carbons (Fsp3) is 0.382. The summed E-state index contributed by atoms with van der Waals surface area (Å²) in [6.45, 7) is 7.51. The quantitative estimate of drug-likeness (QED) is 0.225. The molecule has 0 N–H and O–H groups in total. The molecule has 0 aliphatic carbocycles. The first-order valence-corrected chi connectivity index (χ1v) is 15.0. The maximum Gasteiger partial charge on any atom is 0.326 e. The van der Waals surface area contributed by atoms with Crippen LogP contribution < -0.4 is 0 Å². The van der Waals surface area contributed by atoms with Gasteiger partial charge in [-0.3, -0.25) is 14.4 Å². The van der Waals surface area contributed by atoms with E-state index in [0.29, 0.717) is 12.0 Å². The van der Waals surface area contributed by atoms with Crippen LogP contribution in [-0.4, -0.2) is 41.0 Å². The number of hydrogen-bond donors (Lipinski definition) is 0. The minimum Gasteiger partial charge on any atom is -0.460 e. The fourth-order valence-corrected chi connectivity index (χ4v) is 6.49. The van der Waals surface area contributed by atoms with E-state index in [1.165, 1.54) is 0 Å². The van der Waals surface area contributed by atoms with Crippen molar-refractivity contribution in [1.82, 2.24) is 4.90 Å². The van der Waals surface area contributed by atoms with Gasteiger partial charge in [-0.25, -0.2) is 0 Å². The molecular weight excluding hydrogens is 598 g/mol. The minimum absolute atomic E-state index is 0.0136. The molecule has 2 aliphatic heterocycles. The number of hydrogen-bond acceptors (Lipinski definition) is 6. The Morgan fingerprint density at radius 3 is 2.19 bits per heavy atom. The van der Waals surface area contributed by atoms with Gasteiger partial charge in [-0.15, -0.1) is 0 Å². The van der Waals surface area contributed by atoms with E-state index in [2.05, 4.69) is 15.9 Å². The average Bonchev–Trinajstić information content (AvgIpc) is 3.30. The van der Waals surface area contributed by atoms with Crippen LogP contribution in [0.1, 0.15) is 57.2 Å². The number of ether oxygens (including phenoxy) is 3. The van der Waals surface area contributed by atoms with Crippen LogP contribution in [0.25, 0.3) is 0 Å². The number of fused-ring (bicyclic) bond motifs is 1. The Bertz CT molecular complexity index is 1440. The van der Waals surface area contributed by atoms with Gasteiger partial charge in [0, 0.05) is 16.0 Å². The van der Waals surface area contributed by atoms with Gasteiger partial charge in [0.15, 0.2) is 11.1 Å². The fourth-order valence-electron chi connectivity index (χ4n) is 6.23. The summed E-state index contributed by atoms with van der Waals surface area (Å²) in [6.07, 6.45) is 0.218. The Hall–Kier alpha value is -3.49. The highest BCUT2D eigenvalue weighted by Crippen LogP contribution is 2.52. The Balaban J connectivity index is 1.64. The van der Waals surface area contributed by atoms with E-state index < -0.39 is 40.5 Å². The van der Waals surface area contributed by atoms with Gasteiger partial charge >= 0.3 is 11.9 Å². The van der Waals surface area contributed by atoms with Crippen molar-refractivity contribution >= 4 is 33.8 Å². The monoisotopic (exact) mass is 633 g/mol. The van der Waals surface area contributed by atoms with Crippen LogP contribution in [0.5, 0.6) is 0 Å². The average molecular weight is 635 g/mol. The summed E-state index contributed by atoms with van der Waals surface area (Å²) in [4.78, 5) is 44.6. The van der Waals surface area contributed by atoms with E-state index in [1.54, 1.807) is 49.9 Å². The number of carbonyl (C=O) groups excluding carboxylic acids is 3. The molecule has 1 amide bonds. The van der Waals surface area contributed by atoms with Crippen molar-refractivity contribution in [2.24, 2.45) is 5.92 Å². The van der Waals surface area contributed by atoms with Crippen molar-refractivity contribution in [3.8, 4) is 0 Å². The Kier molecular flexibility index (Phi) is 8.32. The summed E-state index contributed by atoms with van der Waals surface area (Å²) >= 11 is 3.48. The van der Waals surface area contributed by atoms with Crippen LogP contribution >= 0.6 is 15.9 Å². The summed E-state index contributed by atoms with van der Waals surface area (Å²) in [7, 11) is 0. The summed E-state index contributed by atoms with van der Waals surface area (Å²) in [5.74, 6) is -2.35. The first-order chi connectivity index (χ1) is 19.9. The predicted molar refractivity (Wildman–Crippen MR) is 161 cm³/mol. The Morgan fingerprint density at radius 1 is 0.952 bits per heavy atom. The summed E-state index contributed by atoms with van der Waals surface area (Å²) in [6, 6.07) is 25.6. The van der Waals surface area contributed by atoms with Crippen LogP contribution in [0.2, 0.25) is 0 Å². The van der Waals surface area contributed by atoms with Crippen molar-refractivity contribution in [3.05, 3.63) is 106 Å². The second kappa shape index (κ2) is 11.7. The molecule has 0 bridgehead atoms.